The lowest BCUT2D eigenvalue weighted by atomic mass is 10.3. The van der Waals surface area contributed by atoms with Crippen molar-refractivity contribution in [2.45, 2.75) is 6.54 Å². The Balaban J connectivity index is 2.47. The van der Waals surface area contributed by atoms with Crippen LogP contribution in [0.5, 0.6) is 0 Å². The Labute approximate surface area is 112 Å². The zero-order valence-corrected chi connectivity index (χ0v) is 11.0. The highest BCUT2D eigenvalue weighted by atomic mass is 35.5. The average Bonchev–Trinajstić information content (AvgIpc) is 2.98. The molecule has 0 bridgehead atoms. The van der Waals surface area contributed by atoms with Gasteiger partial charge < -0.3 is 9.30 Å². The van der Waals surface area contributed by atoms with E-state index in [-0.39, 0.29) is 16.7 Å². The standard InChI is InChI=1S/C11H9ClN2O3S/c1-17-10(16)9-8(5-15)13-11(12)14(9)4-7-2-3-18-6-7/h2-3,5-6H,4H2,1H3. The van der Waals surface area contributed by atoms with Crippen LogP contribution >= 0.6 is 22.9 Å². The van der Waals surface area contributed by atoms with Crippen LogP contribution in [-0.2, 0) is 11.3 Å². The SMILES string of the molecule is COC(=O)c1c(C=O)nc(Cl)n1Cc1ccsc1. The second kappa shape index (κ2) is 5.32. The molecule has 7 heteroatoms. The molecule has 94 valence electrons. The molecule has 0 amide bonds. The highest BCUT2D eigenvalue weighted by Crippen LogP contribution is 2.19. The van der Waals surface area contributed by atoms with E-state index in [0.717, 1.165) is 5.56 Å². The Morgan fingerprint density at radius 2 is 2.44 bits per heavy atom. The fourth-order valence-electron chi connectivity index (χ4n) is 1.55. The van der Waals surface area contributed by atoms with Crippen LogP contribution in [0.3, 0.4) is 0 Å². The van der Waals surface area contributed by atoms with Crippen LogP contribution in [-0.4, -0.2) is 28.9 Å². The lowest BCUT2D eigenvalue weighted by Crippen LogP contribution is -2.13. The molecule has 0 N–H and O–H groups in total. The van der Waals surface area contributed by atoms with Crippen LogP contribution in [0, 0.1) is 0 Å². The summed E-state index contributed by atoms with van der Waals surface area (Å²) in [5.41, 5.74) is 1.03. The molecule has 18 heavy (non-hydrogen) atoms. The van der Waals surface area contributed by atoms with Crippen LogP contribution in [0.15, 0.2) is 16.8 Å². The zero-order valence-electron chi connectivity index (χ0n) is 9.42. The molecule has 0 spiro atoms. The number of carbonyl (C=O) groups excluding carboxylic acids is 2. The van der Waals surface area contributed by atoms with Gasteiger partial charge in [-0.2, -0.15) is 11.3 Å². The first-order valence-corrected chi connectivity index (χ1v) is 6.30. The van der Waals surface area contributed by atoms with Crippen molar-refractivity contribution in [1.29, 1.82) is 0 Å². The van der Waals surface area contributed by atoms with E-state index in [1.54, 1.807) is 0 Å². The van der Waals surface area contributed by atoms with Crippen LogP contribution in [0.2, 0.25) is 5.28 Å². The van der Waals surface area contributed by atoms with Gasteiger partial charge in [0, 0.05) is 0 Å². The van der Waals surface area contributed by atoms with Gasteiger partial charge in [0.1, 0.15) is 5.69 Å². The topological polar surface area (TPSA) is 61.2 Å². The largest absolute Gasteiger partial charge is 0.464 e. The molecule has 0 fully saturated rings. The van der Waals surface area contributed by atoms with Gasteiger partial charge >= 0.3 is 5.97 Å². The number of ether oxygens (including phenoxy) is 1. The molecule has 0 aliphatic rings. The second-order valence-electron chi connectivity index (χ2n) is 3.44. The zero-order chi connectivity index (χ0) is 13.1. The number of aromatic nitrogens is 2. The summed E-state index contributed by atoms with van der Waals surface area (Å²) in [6.07, 6.45) is 0.488. The van der Waals surface area contributed by atoms with Crippen molar-refractivity contribution in [2.24, 2.45) is 0 Å². The minimum atomic E-state index is -0.633. The molecule has 0 saturated carbocycles. The summed E-state index contributed by atoms with van der Waals surface area (Å²) in [5, 5.41) is 3.93. The number of methoxy groups -OCH3 is 1. The van der Waals surface area contributed by atoms with Crippen molar-refractivity contribution in [3.8, 4) is 0 Å². The number of thiophene rings is 1. The van der Waals surface area contributed by atoms with Crippen molar-refractivity contribution in [3.63, 3.8) is 0 Å². The minimum absolute atomic E-state index is 0.0120. The number of halogens is 1. The Hall–Kier alpha value is -1.66. The van der Waals surface area contributed by atoms with Gasteiger partial charge in [0.15, 0.2) is 12.0 Å². The number of rotatable bonds is 4. The number of esters is 1. The molecule has 0 aromatic carbocycles. The normalized spacial score (nSPS) is 10.3. The molecular formula is C11H9ClN2O3S. The number of carbonyl (C=O) groups is 2. The molecule has 0 saturated heterocycles. The van der Waals surface area contributed by atoms with Gasteiger partial charge in [-0.15, -0.1) is 0 Å². The molecule has 0 unspecified atom stereocenters. The van der Waals surface area contributed by atoms with E-state index in [0.29, 0.717) is 12.8 Å². The molecule has 0 aliphatic carbocycles. The Bertz CT molecular complexity index is 577. The summed E-state index contributed by atoms with van der Waals surface area (Å²) in [6, 6.07) is 1.91. The molecule has 0 radical (unpaired) electrons. The van der Waals surface area contributed by atoms with E-state index in [1.807, 2.05) is 16.8 Å². The third-order valence-electron chi connectivity index (χ3n) is 2.36. The first kappa shape index (κ1) is 12.8. The van der Waals surface area contributed by atoms with E-state index in [4.69, 9.17) is 11.6 Å². The summed E-state index contributed by atoms with van der Waals surface area (Å²) in [7, 11) is 1.24. The maximum Gasteiger partial charge on any atom is 0.357 e. The Morgan fingerprint density at radius 1 is 1.67 bits per heavy atom. The smallest absolute Gasteiger partial charge is 0.357 e. The Morgan fingerprint density at radius 3 is 3.00 bits per heavy atom. The number of hydrogen-bond acceptors (Lipinski definition) is 5. The molecule has 0 aliphatic heterocycles. The molecule has 2 aromatic heterocycles. The predicted octanol–water partition coefficient (Wildman–Crippen LogP) is 2.25. The molecule has 0 atom stereocenters. The first-order valence-electron chi connectivity index (χ1n) is 4.98. The van der Waals surface area contributed by atoms with E-state index >= 15 is 0 Å². The van der Waals surface area contributed by atoms with E-state index in [9.17, 15) is 9.59 Å². The van der Waals surface area contributed by atoms with Crippen LogP contribution in [0.25, 0.3) is 0 Å². The quantitative estimate of drug-likeness (QED) is 0.638. The van der Waals surface area contributed by atoms with Crippen LogP contribution in [0.4, 0.5) is 0 Å². The van der Waals surface area contributed by atoms with Gasteiger partial charge in [0.25, 0.3) is 0 Å². The lowest BCUT2D eigenvalue weighted by molar-refractivity contribution is 0.0586. The molecule has 2 aromatic rings. The van der Waals surface area contributed by atoms with Gasteiger partial charge in [-0.1, -0.05) is 0 Å². The summed E-state index contributed by atoms with van der Waals surface area (Å²) < 4.78 is 6.09. The summed E-state index contributed by atoms with van der Waals surface area (Å²) >= 11 is 7.47. The lowest BCUT2D eigenvalue weighted by Gasteiger charge is -2.06. The van der Waals surface area contributed by atoms with Gasteiger partial charge in [0.05, 0.1) is 13.7 Å². The van der Waals surface area contributed by atoms with Crippen molar-refractivity contribution in [2.75, 3.05) is 7.11 Å². The van der Waals surface area contributed by atoms with Crippen molar-refractivity contribution in [3.05, 3.63) is 39.1 Å². The van der Waals surface area contributed by atoms with Gasteiger partial charge in [0.2, 0.25) is 5.28 Å². The fraction of sp³-hybridized carbons (Fsp3) is 0.182. The Kier molecular flexibility index (Phi) is 3.78. The molecular weight excluding hydrogens is 276 g/mol. The van der Waals surface area contributed by atoms with Crippen LogP contribution < -0.4 is 0 Å². The second-order valence-corrected chi connectivity index (χ2v) is 4.56. The first-order chi connectivity index (χ1) is 8.67. The molecule has 2 heterocycles. The van der Waals surface area contributed by atoms with Gasteiger partial charge in [-0.3, -0.25) is 4.79 Å². The van der Waals surface area contributed by atoms with Crippen molar-refractivity contribution < 1.29 is 14.3 Å². The molecule has 2 rings (SSSR count). The maximum atomic E-state index is 11.7. The predicted molar refractivity (Wildman–Crippen MR) is 67.4 cm³/mol. The number of hydrogen-bond donors (Lipinski definition) is 0. The third kappa shape index (κ3) is 2.30. The highest BCUT2D eigenvalue weighted by Gasteiger charge is 2.22. The van der Waals surface area contributed by atoms with Gasteiger partial charge in [-0.25, -0.2) is 9.78 Å². The fourth-order valence-corrected chi connectivity index (χ4v) is 2.44. The van der Waals surface area contributed by atoms with E-state index < -0.39 is 5.97 Å². The number of nitrogens with zero attached hydrogens (tertiary/aromatic N) is 2. The molecule has 5 nitrogen and oxygen atoms in total. The summed E-state index contributed by atoms with van der Waals surface area (Å²) in [4.78, 5) is 26.4. The van der Waals surface area contributed by atoms with Crippen LogP contribution in [0.1, 0.15) is 26.5 Å². The number of aldehydes is 1. The van der Waals surface area contributed by atoms with Gasteiger partial charge in [-0.05, 0) is 34.0 Å². The van der Waals surface area contributed by atoms with Crippen molar-refractivity contribution in [1.82, 2.24) is 9.55 Å². The summed E-state index contributed by atoms with van der Waals surface area (Å²) in [5.74, 6) is -0.633. The summed E-state index contributed by atoms with van der Waals surface area (Å²) in [6.45, 7) is 0.369. The third-order valence-corrected chi connectivity index (χ3v) is 3.38. The van der Waals surface area contributed by atoms with Crippen molar-refractivity contribution >= 4 is 35.2 Å². The number of imidazole rings is 1. The maximum absolute atomic E-state index is 11.7. The highest BCUT2D eigenvalue weighted by molar-refractivity contribution is 7.07. The minimum Gasteiger partial charge on any atom is -0.464 e. The van der Waals surface area contributed by atoms with E-state index in [1.165, 1.54) is 23.0 Å². The average molecular weight is 285 g/mol. The van der Waals surface area contributed by atoms with E-state index in [2.05, 4.69) is 9.72 Å². The monoisotopic (exact) mass is 284 g/mol.